The minimum atomic E-state index is -1.06. The smallest absolute Gasteiger partial charge is 0.335 e. The number of likely N-dealkylation sites (tertiary alicyclic amines) is 1. The lowest BCUT2D eigenvalue weighted by Crippen LogP contribution is -2.35. The zero-order valence-electron chi connectivity index (χ0n) is 15.0. The Labute approximate surface area is 157 Å². The maximum Gasteiger partial charge on any atom is 0.335 e. The van der Waals surface area contributed by atoms with E-state index in [2.05, 4.69) is 5.32 Å². The third-order valence-corrected chi connectivity index (χ3v) is 4.64. The molecule has 2 N–H and O–H groups in total. The van der Waals surface area contributed by atoms with E-state index < -0.39 is 5.97 Å². The van der Waals surface area contributed by atoms with Crippen LogP contribution in [0.25, 0.3) is 0 Å². The monoisotopic (exact) mass is 366 g/mol. The van der Waals surface area contributed by atoms with Gasteiger partial charge in [0, 0.05) is 24.3 Å². The van der Waals surface area contributed by atoms with E-state index in [1.165, 1.54) is 6.07 Å². The lowest BCUT2D eigenvalue weighted by atomic mass is 10.0. The van der Waals surface area contributed by atoms with Gasteiger partial charge in [-0.1, -0.05) is 24.3 Å². The van der Waals surface area contributed by atoms with Crippen molar-refractivity contribution in [3.63, 3.8) is 0 Å². The van der Waals surface area contributed by atoms with Crippen molar-refractivity contribution in [3.05, 3.63) is 65.2 Å². The van der Waals surface area contributed by atoms with Gasteiger partial charge < -0.3 is 15.3 Å². The Morgan fingerprint density at radius 3 is 2.44 bits per heavy atom. The standard InChI is InChI=1S/C21H22N2O4/c24-19(14-15-7-2-3-10-18(15)21(26)27)22-17-9-6-8-16(13-17)20(25)23-11-4-1-5-12-23/h2-3,6-10,13H,1,4-5,11-12,14H2,(H,22,24)(H,26,27). The maximum absolute atomic E-state index is 12.6. The van der Waals surface area contributed by atoms with E-state index in [0.717, 1.165) is 32.4 Å². The van der Waals surface area contributed by atoms with E-state index in [-0.39, 0.29) is 23.8 Å². The number of piperidine rings is 1. The first-order valence-corrected chi connectivity index (χ1v) is 9.05. The number of aromatic carboxylic acids is 1. The molecule has 0 aliphatic carbocycles. The summed E-state index contributed by atoms with van der Waals surface area (Å²) in [6, 6.07) is 13.3. The van der Waals surface area contributed by atoms with Crippen LogP contribution in [0.4, 0.5) is 5.69 Å². The van der Waals surface area contributed by atoms with E-state index in [9.17, 15) is 19.5 Å². The molecule has 0 spiro atoms. The Balaban J connectivity index is 1.68. The van der Waals surface area contributed by atoms with Crippen LogP contribution in [0.15, 0.2) is 48.5 Å². The highest BCUT2D eigenvalue weighted by Crippen LogP contribution is 2.17. The van der Waals surface area contributed by atoms with Crippen LogP contribution in [0.3, 0.4) is 0 Å². The number of rotatable bonds is 5. The van der Waals surface area contributed by atoms with Crippen molar-refractivity contribution in [2.45, 2.75) is 25.7 Å². The topological polar surface area (TPSA) is 86.7 Å². The number of anilines is 1. The van der Waals surface area contributed by atoms with Crippen LogP contribution < -0.4 is 5.32 Å². The van der Waals surface area contributed by atoms with Crippen LogP contribution in [0.1, 0.15) is 45.5 Å². The molecule has 1 fully saturated rings. The van der Waals surface area contributed by atoms with Crippen molar-refractivity contribution in [1.82, 2.24) is 4.90 Å². The summed E-state index contributed by atoms with van der Waals surface area (Å²) in [6.07, 6.45) is 3.14. The van der Waals surface area contributed by atoms with Gasteiger partial charge in [0.15, 0.2) is 0 Å². The van der Waals surface area contributed by atoms with E-state index >= 15 is 0 Å². The van der Waals surface area contributed by atoms with Gasteiger partial charge >= 0.3 is 5.97 Å². The summed E-state index contributed by atoms with van der Waals surface area (Å²) < 4.78 is 0. The molecule has 140 valence electrons. The zero-order chi connectivity index (χ0) is 19.2. The number of nitrogens with one attached hydrogen (secondary N) is 1. The SMILES string of the molecule is O=C(Cc1ccccc1C(=O)O)Nc1cccc(C(=O)N2CCCCC2)c1. The first kappa shape index (κ1) is 18.6. The van der Waals surface area contributed by atoms with Crippen LogP contribution in [-0.4, -0.2) is 40.9 Å². The lowest BCUT2D eigenvalue weighted by Gasteiger charge is -2.26. The number of carbonyl (C=O) groups is 3. The molecule has 0 atom stereocenters. The molecule has 1 saturated heterocycles. The normalized spacial score (nSPS) is 13.9. The van der Waals surface area contributed by atoms with Crippen molar-refractivity contribution in [2.75, 3.05) is 18.4 Å². The quantitative estimate of drug-likeness (QED) is 0.851. The van der Waals surface area contributed by atoms with E-state index in [1.807, 2.05) is 4.90 Å². The van der Waals surface area contributed by atoms with E-state index in [4.69, 9.17) is 0 Å². The summed E-state index contributed by atoms with van der Waals surface area (Å²) in [4.78, 5) is 38.0. The van der Waals surface area contributed by atoms with Crippen LogP contribution in [0.5, 0.6) is 0 Å². The third-order valence-electron chi connectivity index (χ3n) is 4.64. The van der Waals surface area contributed by atoms with Crippen molar-refractivity contribution >= 4 is 23.5 Å². The summed E-state index contributed by atoms with van der Waals surface area (Å²) in [6.45, 7) is 1.53. The first-order chi connectivity index (χ1) is 13.0. The van der Waals surface area contributed by atoms with Crippen molar-refractivity contribution < 1.29 is 19.5 Å². The van der Waals surface area contributed by atoms with Gasteiger partial charge in [0.2, 0.25) is 5.91 Å². The second kappa shape index (κ2) is 8.49. The highest BCUT2D eigenvalue weighted by molar-refractivity contribution is 5.98. The van der Waals surface area contributed by atoms with Gasteiger partial charge in [0.05, 0.1) is 12.0 Å². The first-order valence-electron chi connectivity index (χ1n) is 9.05. The maximum atomic E-state index is 12.6. The number of carboxylic acids is 1. The molecule has 1 aliphatic heterocycles. The van der Waals surface area contributed by atoms with Crippen LogP contribution in [0, 0.1) is 0 Å². The highest BCUT2D eigenvalue weighted by atomic mass is 16.4. The van der Waals surface area contributed by atoms with Crippen molar-refractivity contribution in [3.8, 4) is 0 Å². The number of hydrogen-bond donors (Lipinski definition) is 2. The number of amides is 2. The fourth-order valence-electron chi connectivity index (χ4n) is 3.27. The minimum absolute atomic E-state index is 0.0259. The number of hydrogen-bond acceptors (Lipinski definition) is 3. The minimum Gasteiger partial charge on any atom is -0.478 e. The van der Waals surface area contributed by atoms with E-state index in [1.54, 1.807) is 42.5 Å². The van der Waals surface area contributed by atoms with Gasteiger partial charge in [-0.3, -0.25) is 9.59 Å². The van der Waals surface area contributed by atoms with Gasteiger partial charge in [0.25, 0.3) is 5.91 Å². The fourth-order valence-corrected chi connectivity index (χ4v) is 3.27. The summed E-state index contributed by atoms with van der Waals surface area (Å²) in [5, 5.41) is 12.0. The Hall–Kier alpha value is -3.15. The number of benzene rings is 2. The Bertz CT molecular complexity index is 857. The molecule has 2 aromatic rings. The molecule has 3 rings (SSSR count). The molecule has 0 unspecified atom stereocenters. The van der Waals surface area contributed by atoms with Crippen molar-refractivity contribution in [2.24, 2.45) is 0 Å². The van der Waals surface area contributed by atoms with Gasteiger partial charge in [-0.15, -0.1) is 0 Å². The van der Waals surface area contributed by atoms with Gasteiger partial charge in [-0.05, 0) is 49.1 Å². The second-order valence-corrected chi connectivity index (χ2v) is 6.62. The number of carbonyl (C=O) groups excluding carboxylic acids is 2. The molecule has 0 bridgehead atoms. The molecular weight excluding hydrogens is 344 g/mol. The molecule has 0 radical (unpaired) electrons. The van der Waals surface area contributed by atoms with Gasteiger partial charge in [-0.2, -0.15) is 0 Å². The summed E-state index contributed by atoms with van der Waals surface area (Å²) in [7, 11) is 0. The third kappa shape index (κ3) is 4.73. The van der Waals surface area contributed by atoms with Crippen LogP contribution in [-0.2, 0) is 11.2 Å². The summed E-state index contributed by atoms with van der Waals surface area (Å²) in [5.74, 6) is -1.42. The predicted molar refractivity (Wildman–Crippen MR) is 102 cm³/mol. The predicted octanol–water partition coefficient (Wildman–Crippen LogP) is 3.19. The second-order valence-electron chi connectivity index (χ2n) is 6.62. The Kier molecular flexibility index (Phi) is 5.86. The molecule has 1 heterocycles. The number of nitrogens with zero attached hydrogens (tertiary/aromatic N) is 1. The lowest BCUT2D eigenvalue weighted by molar-refractivity contribution is -0.115. The molecule has 0 aromatic heterocycles. The molecule has 27 heavy (non-hydrogen) atoms. The number of carboxylic acid groups (broad SMARTS) is 1. The van der Waals surface area contributed by atoms with Crippen LogP contribution in [0.2, 0.25) is 0 Å². The summed E-state index contributed by atoms with van der Waals surface area (Å²) in [5.41, 5.74) is 1.63. The zero-order valence-corrected chi connectivity index (χ0v) is 15.0. The Morgan fingerprint density at radius 2 is 1.70 bits per heavy atom. The van der Waals surface area contributed by atoms with Crippen LogP contribution >= 0.6 is 0 Å². The molecule has 0 saturated carbocycles. The summed E-state index contributed by atoms with van der Waals surface area (Å²) >= 11 is 0. The van der Waals surface area contributed by atoms with Gasteiger partial charge in [0.1, 0.15) is 0 Å². The molecule has 6 heteroatoms. The fraction of sp³-hybridized carbons (Fsp3) is 0.286. The molecule has 2 amide bonds. The van der Waals surface area contributed by atoms with E-state index in [0.29, 0.717) is 16.8 Å². The Morgan fingerprint density at radius 1 is 0.963 bits per heavy atom. The van der Waals surface area contributed by atoms with Crippen molar-refractivity contribution in [1.29, 1.82) is 0 Å². The molecule has 2 aromatic carbocycles. The molecular formula is C21H22N2O4. The highest BCUT2D eigenvalue weighted by Gasteiger charge is 2.19. The average Bonchev–Trinajstić information content (AvgIpc) is 2.68. The molecule has 6 nitrogen and oxygen atoms in total. The average molecular weight is 366 g/mol. The largest absolute Gasteiger partial charge is 0.478 e. The molecule has 1 aliphatic rings. The van der Waals surface area contributed by atoms with Gasteiger partial charge in [-0.25, -0.2) is 4.79 Å².